The van der Waals surface area contributed by atoms with E-state index in [0.29, 0.717) is 0 Å². The van der Waals surface area contributed by atoms with E-state index in [0.717, 1.165) is 11.5 Å². The van der Waals surface area contributed by atoms with Crippen molar-refractivity contribution in [1.82, 2.24) is 0 Å². The van der Waals surface area contributed by atoms with Crippen LogP contribution in [0.4, 0.5) is 0 Å². The summed E-state index contributed by atoms with van der Waals surface area (Å²) in [5, 5.41) is 7.57. The Balaban J connectivity index is 1.75. The first-order valence-corrected chi connectivity index (χ1v) is 11.3. The molecule has 0 saturated heterocycles. The van der Waals surface area contributed by atoms with Crippen molar-refractivity contribution in [3.05, 3.63) is 119 Å². The highest BCUT2D eigenvalue weighted by Crippen LogP contribution is 2.44. The third kappa shape index (κ3) is 2.78. The van der Waals surface area contributed by atoms with E-state index in [4.69, 9.17) is 4.42 Å². The lowest BCUT2D eigenvalue weighted by Crippen LogP contribution is -2.21. The van der Waals surface area contributed by atoms with Crippen molar-refractivity contribution < 1.29 is 4.42 Å². The quantitative estimate of drug-likeness (QED) is 0.303. The molecule has 0 amide bonds. The minimum atomic E-state index is -0.461. The zero-order valence-corrected chi connectivity index (χ0v) is 18.7. The van der Waals surface area contributed by atoms with Gasteiger partial charge in [-0.2, -0.15) is 0 Å². The maximum Gasteiger partial charge on any atom is 0.122 e. The maximum absolute atomic E-state index is 6.62. The number of rotatable bonds is 2. The summed E-state index contributed by atoms with van der Waals surface area (Å²) >= 11 is 0. The Bertz CT molecular complexity index is 1570. The van der Waals surface area contributed by atoms with Gasteiger partial charge in [-0.15, -0.1) is 0 Å². The second kappa shape index (κ2) is 6.71. The van der Waals surface area contributed by atoms with Gasteiger partial charge in [-0.25, -0.2) is 0 Å². The summed E-state index contributed by atoms with van der Waals surface area (Å²) in [6.07, 6.45) is 4.76. The molecular weight excluding hydrogens is 388 g/mol. The molecule has 1 heteroatoms. The molecule has 0 N–H and O–H groups in total. The van der Waals surface area contributed by atoms with Crippen LogP contribution in [0.5, 0.6) is 0 Å². The first-order valence-electron chi connectivity index (χ1n) is 11.3. The average molecular weight is 415 g/mol. The Morgan fingerprint density at radius 2 is 1.28 bits per heavy atom. The van der Waals surface area contributed by atoms with Crippen LogP contribution in [0.1, 0.15) is 37.9 Å². The summed E-state index contributed by atoms with van der Waals surface area (Å²) < 4.78 is 6.62. The summed E-state index contributed by atoms with van der Waals surface area (Å²) in [5.74, 6) is 1.98. The number of hydrogen-bond donors (Lipinski definition) is 0. The zero-order valence-electron chi connectivity index (χ0n) is 18.7. The van der Waals surface area contributed by atoms with Crippen LogP contribution in [0.25, 0.3) is 33.7 Å². The van der Waals surface area contributed by atoms with Crippen molar-refractivity contribution >= 4 is 33.7 Å². The molecule has 1 aliphatic carbocycles. The first-order chi connectivity index (χ1) is 15.5. The van der Waals surface area contributed by atoms with Gasteiger partial charge in [0.2, 0.25) is 0 Å². The molecule has 0 unspecified atom stereocenters. The van der Waals surface area contributed by atoms with Crippen molar-refractivity contribution in [3.8, 4) is 0 Å². The van der Waals surface area contributed by atoms with Gasteiger partial charge in [0, 0.05) is 5.41 Å². The average Bonchev–Trinajstić information content (AvgIpc) is 3.44. The monoisotopic (exact) mass is 414 g/mol. The van der Waals surface area contributed by atoms with Crippen molar-refractivity contribution in [2.75, 3.05) is 0 Å². The van der Waals surface area contributed by atoms with Gasteiger partial charge in [0.05, 0.1) is 5.41 Å². The van der Waals surface area contributed by atoms with Crippen LogP contribution >= 0.6 is 0 Å². The molecule has 156 valence electrons. The van der Waals surface area contributed by atoms with Gasteiger partial charge in [-0.1, -0.05) is 112 Å². The molecule has 0 fully saturated rings. The summed E-state index contributed by atoms with van der Waals surface area (Å²) in [6, 6.07) is 32.7. The molecule has 1 aliphatic rings. The number of furan rings is 1. The first kappa shape index (κ1) is 19.1. The Labute approximate surface area is 188 Å². The molecule has 0 aliphatic heterocycles. The van der Waals surface area contributed by atoms with E-state index in [1.165, 1.54) is 37.5 Å². The van der Waals surface area contributed by atoms with Gasteiger partial charge < -0.3 is 4.42 Å². The summed E-state index contributed by atoms with van der Waals surface area (Å²) in [4.78, 5) is 0. The van der Waals surface area contributed by atoms with E-state index in [-0.39, 0.29) is 5.41 Å². The molecule has 5 aromatic rings. The molecule has 0 spiro atoms. The van der Waals surface area contributed by atoms with E-state index in [9.17, 15) is 0 Å². The number of fused-ring (bicyclic) bond motifs is 4. The molecule has 6 rings (SSSR count). The van der Waals surface area contributed by atoms with Gasteiger partial charge in [0.15, 0.2) is 0 Å². The second-order valence-electron chi connectivity index (χ2n) is 9.89. The van der Waals surface area contributed by atoms with Crippen molar-refractivity contribution in [2.45, 2.75) is 31.6 Å². The molecule has 4 aromatic carbocycles. The van der Waals surface area contributed by atoms with E-state index in [1.807, 2.05) is 0 Å². The van der Waals surface area contributed by atoms with E-state index >= 15 is 0 Å². The van der Waals surface area contributed by atoms with Crippen LogP contribution in [-0.2, 0) is 10.8 Å². The van der Waals surface area contributed by atoms with Crippen LogP contribution in [0, 0.1) is 0 Å². The largest absolute Gasteiger partial charge is 0.464 e. The van der Waals surface area contributed by atoms with Crippen LogP contribution in [0.15, 0.2) is 95.4 Å². The standard InChI is InChI=1S/C31H26O/c1-30(2,3)27-17-18-28(32-27)31(19-23-10-4-5-11-24(23)20-31)26-14-8-12-22-16-15-21-9-6-7-13-25(21)29(22)26/h4-20H,1-3H3. The molecule has 1 aromatic heterocycles. The molecule has 0 bridgehead atoms. The minimum absolute atomic E-state index is 0.0453. The summed E-state index contributed by atoms with van der Waals surface area (Å²) in [7, 11) is 0. The van der Waals surface area contributed by atoms with Crippen molar-refractivity contribution in [1.29, 1.82) is 0 Å². The molecule has 0 atom stereocenters. The molecule has 1 heterocycles. The highest BCUT2D eigenvalue weighted by atomic mass is 16.3. The zero-order chi connectivity index (χ0) is 21.9. The van der Waals surface area contributed by atoms with Crippen molar-refractivity contribution in [2.24, 2.45) is 0 Å². The third-order valence-electron chi connectivity index (χ3n) is 6.73. The molecular formula is C31H26O. The molecule has 0 saturated carbocycles. The van der Waals surface area contributed by atoms with Crippen LogP contribution < -0.4 is 10.4 Å². The predicted molar refractivity (Wildman–Crippen MR) is 134 cm³/mol. The lowest BCUT2D eigenvalue weighted by molar-refractivity contribution is 0.379. The lowest BCUT2D eigenvalue weighted by Gasteiger charge is -2.27. The fourth-order valence-corrected chi connectivity index (χ4v) is 5.10. The van der Waals surface area contributed by atoms with Gasteiger partial charge in [-0.3, -0.25) is 0 Å². The molecule has 32 heavy (non-hydrogen) atoms. The maximum atomic E-state index is 6.62. The number of hydrogen-bond acceptors (Lipinski definition) is 1. The van der Waals surface area contributed by atoms with Gasteiger partial charge in [0.1, 0.15) is 11.5 Å². The predicted octanol–water partition coefficient (Wildman–Crippen LogP) is 6.44. The minimum Gasteiger partial charge on any atom is -0.464 e. The highest BCUT2D eigenvalue weighted by molar-refractivity contribution is 6.10. The Morgan fingerprint density at radius 1 is 0.625 bits per heavy atom. The normalized spacial score (nSPS) is 14.8. The Morgan fingerprint density at radius 3 is 2.00 bits per heavy atom. The van der Waals surface area contributed by atoms with Crippen LogP contribution in [-0.4, -0.2) is 0 Å². The van der Waals surface area contributed by atoms with Gasteiger partial charge in [-0.05, 0) is 49.7 Å². The highest BCUT2D eigenvalue weighted by Gasteiger charge is 2.37. The SMILES string of the molecule is CC(C)(C)c1ccc(C2(c3cccc4ccc5ccccc5c34)C=c3ccccc3=C2)o1. The molecule has 0 radical (unpaired) electrons. The van der Waals surface area contributed by atoms with Crippen LogP contribution in [0.2, 0.25) is 0 Å². The second-order valence-corrected chi connectivity index (χ2v) is 9.89. The number of benzene rings is 4. The fourth-order valence-electron chi connectivity index (χ4n) is 5.10. The topological polar surface area (TPSA) is 13.1 Å². The fraction of sp³-hybridized carbons (Fsp3) is 0.161. The third-order valence-corrected chi connectivity index (χ3v) is 6.73. The van der Waals surface area contributed by atoms with Gasteiger partial charge in [0.25, 0.3) is 0 Å². The summed E-state index contributed by atoms with van der Waals surface area (Å²) in [5.41, 5.74) is 0.755. The van der Waals surface area contributed by atoms with E-state index < -0.39 is 5.41 Å². The lowest BCUT2D eigenvalue weighted by atomic mass is 9.76. The van der Waals surface area contributed by atoms with Crippen LogP contribution in [0.3, 0.4) is 0 Å². The Kier molecular flexibility index (Phi) is 4.01. The van der Waals surface area contributed by atoms with Gasteiger partial charge >= 0.3 is 0 Å². The van der Waals surface area contributed by atoms with E-state index in [2.05, 4.69) is 124 Å². The summed E-state index contributed by atoms with van der Waals surface area (Å²) in [6.45, 7) is 6.60. The van der Waals surface area contributed by atoms with E-state index in [1.54, 1.807) is 0 Å². The van der Waals surface area contributed by atoms with Crippen molar-refractivity contribution in [3.63, 3.8) is 0 Å². The molecule has 1 nitrogen and oxygen atoms in total. The Hall–Kier alpha value is -3.58. The smallest absolute Gasteiger partial charge is 0.122 e.